The van der Waals surface area contributed by atoms with E-state index >= 15 is 0 Å². The lowest BCUT2D eigenvalue weighted by atomic mass is 10.2. The highest BCUT2D eigenvalue weighted by atomic mass is 32.2. The molecule has 2 aliphatic heterocycles. The molecule has 1 amide bonds. The molecule has 0 aliphatic carbocycles. The summed E-state index contributed by atoms with van der Waals surface area (Å²) in [6, 6.07) is 13.1. The molecular weight excluding hydrogens is 432 g/mol. The van der Waals surface area contributed by atoms with Crippen molar-refractivity contribution < 1.29 is 27.5 Å². The largest absolute Gasteiger partial charge is 0.452 e. The number of rotatable bonds is 5. The summed E-state index contributed by atoms with van der Waals surface area (Å²) in [6.07, 6.45) is 0.463. The van der Waals surface area contributed by atoms with Crippen molar-refractivity contribution in [3.05, 3.63) is 59.7 Å². The molecule has 0 unspecified atom stereocenters. The molecule has 2 aromatic rings. The Bertz CT molecular complexity index is 1120. The summed E-state index contributed by atoms with van der Waals surface area (Å²) in [6.45, 7) is 4.58. The first-order valence-electron chi connectivity index (χ1n) is 10.6. The van der Waals surface area contributed by atoms with Gasteiger partial charge in [0.2, 0.25) is 0 Å². The topological polar surface area (TPSA) is 93.2 Å². The second kappa shape index (κ2) is 8.91. The van der Waals surface area contributed by atoms with Crippen LogP contribution in [0.3, 0.4) is 0 Å². The van der Waals surface area contributed by atoms with E-state index in [2.05, 4.69) is 0 Å². The van der Waals surface area contributed by atoms with E-state index < -0.39 is 22.6 Å². The molecule has 8 nitrogen and oxygen atoms in total. The van der Waals surface area contributed by atoms with Crippen LogP contribution in [0.5, 0.6) is 0 Å². The number of hydrogen-bond acceptors (Lipinski definition) is 6. The monoisotopic (exact) mass is 458 g/mol. The van der Waals surface area contributed by atoms with E-state index in [9.17, 15) is 18.0 Å². The van der Waals surface area contributed by atoms with Crippen LogP contribution in [0.1, 0.15) is 29.8 Å². The van der Waals surface area contributed by atoms with E-state index in [0.29, 0.717) is 31.7 Å². The number of morpholine rings is 1. The summed E-state index contributed by atoms with van der Waals surface area (Å²) < 4.78 is 38.6. The Morgan fingerprint density at radius 1 is 1.06 bits per heavy atom. The first-order chi connectivity index (χ1) is 15.3. The molecule has 0 saturated carbocycles. The van der Waals surface area contributed by atoms with E-state index in [1.807, 2.05) is 26.0 Å². The molecule has 1 saturated heterocycles. The van der Waals surface area contributed by atoms with Crippen LogP contribution >= 0.6 is 0 Å². The highest BCUT2D eigenvalue weighted by molar-refractivity contribution is 7.92. The third kappa shape index (κ3) is 4.49. The van der Waals surface area contributed by atoms with Gasteiger partial charge in [0.1, 0.15) is 0 Å². The highest BCUT2D eigenvalue weighted by Gasteiger charge is 2.31. The number of carbonyl (C=O) groups is 2. The van der Waals surface area contributed by atoms with Gasteiger partial charge in [0, 0.05) is 19.6 Å². The van der Waals surface area contributed by atoms with E-state index in [4.69, 9.17) is 9.47 Å². The molecule has 4 rings (SSSR count). The van der Waals surface area contributed by atoms with Crippen molar-refractivity contribution in [3.8, 4) is 0 Å². The van der Waals surface area contributed by atoms with Crippen molar-refractivity contribution in [2.75, 3.05) is 30.5 Å². The normalized spacial score (nSPS) is 20.7. The number of hydrogen-bond donors (Lipinski definition) is 0. The maximum atomic E-state index is 13.2. The number of sulfonamides is 1. The fraction of sp³-hybridized carbons (Fsp3) is 0.391. The summed E-state index contributed by atoms with van der Waals surface area (Å²) in [5, 5.41) is 0. The second-order valence-electron chi connectivity index (χ2n) is 8.12. The third-order valence-electron chi connectivity index (χ3n) is 5.60. The number of benzene rings is 2. The van der Waals surface area contributed by atoms with E-state index in [1.54, 1.807) is 17.0 Å². The van der Waals surface area contributed by atoms with Crippen LogP contribution in [0.25, 0.3) is 0 Å². The summed E-state index contributed by atoms with van der Waals surface area (Å²) in [7, 11) is -3.83. The zero-order valence-electron chi connectivity index (χ0n) is 18.1. The van der Waals surface area contributed by atoms with E-state index in [-0.39, 0.29) is 28.6 Å². The fourth-order valence-electron chi connectivity index (χ4n) is 4.15. The lowest BCUT2D eigenvalue weighted by molar-refractivity contribution is -0.146. The van der Waals surface area contributed by atoms with E-state index in [0.717, 1.165) is 5.56 Å². The maximum Gasteiger partial charge on any atom is 0.338 e. The number of fused-ring (bicyclic) bond motifs is 1. The van der Waals surface area contributed by atoms with Crippen LogP contribution in [0.4, 0.5) is 5.69 Å². The molecular formula is C23H26N2O6S. The van der Waals surface area contributed by atoms with Crippen LogP contribution in [-0.2, 0) is 30.7 Å². The lowest BCUT2D eigenvalue weighted by Gasteiger charge is -2.35. The van der Waals surface area contributed by atoms with Crippen molar-refractivity contribution >= 4 is 27.6 Å². The quantitative estimate of drug-likeness (QED) is 0.638. The molecule has 0 bridgehead atoms. The van der Waals surface area contributed by atoms with E-state index in [1.165, 1.54) is 28.6 Å². The third-order valence-corrected chi connectivity index (χ3v) is 7.41. The zero-order valence-corrected chi connectivity index (χ0v) is 18.9. The van der Waals surface area contributed by atoms with Crippen molar-refractivity contribution in [3.63, 3.8) is 0 Å². The maximum absolute atomic E-state index is 13.2. The number of ether oxygens (including phenoxy) is 2. The molecule has 9 heteroatoms. The van der Waals surface area contributed by atoms with Gasteiger partial charge >= 0.3 is 5.97 Å². The summed E-state index contributed by atoms with van der Waals surface area (Å²) >= 11 is 0. The first-order valence-corrected chi connectivity index (χ1v) is 12.0. The Hall–Kier alpha value is -2.91. The van der Waals surface area contributed by atoms with Gasteiger partial charge < -0.3 is 14.4 Å². The molecule has 2 heterocycles. The average molecular weight is 459 g/mol. The molecule has 0 radical (unpaired) electrons. The standard InChI is InChI=1S/C23H26N2O6S/c1-16-13-24(14-17(2)31-16)22(26)15-30-23(27)19-7-5-8-20(12-19)32(28,29)25-11-10-18-6-3-4-9-21(18)25/h3-9,12,16-17H,10-11,13-15H2,1-2H3/t16-,17-/m0/s1. The van der Waals surface area contributed by atoms with Gasteiger partial charge in [-0.15, -0.1) is 0 Å². The minimum atomic E-state index is -3.83. The van der Waals surface area contributed by atoms with Gasteiger partial charge in [-0.05, 0) is 50.1 Å². The smallest absolute Gasteiger partial charge is 0.338 e. The number of carbonyl (C=O) groups excluding carboxylic acids is 2. The van der Waals surface area contributed by atoms with Gasteiger partial charge in [0.25, 0.3) is 15.9 Å². The Labute approximate surface area is 187 Å². The molecule has 170 valence electrons. The Morgan fingerprint density at radius 3 is 2.53 bits per heavy atom. The number of para-hydroxylation sites is 1. The first kappa shape index (κ1) is 22.3. The van der Waals surface area contributed by atoms with Crippen molar-refractivity contribution in [1.82, 2.24) is 4.90 Å². The van der Waals surface area contributed by atoms with Crippen LogP contribution in [0.2, 0.25) is 0 Å². The van der Waals surface area contributed by atoms with Gasteiger partial charge in [-0.3, -0.25) is 9.10 Å². The molecule has 0 aromatic heterocycles. The SMILES string of the molecule is C[C@H]1CN(C(=O)COC(=O)c2cccc(S(=O)(=O)N3CCc4ccccc43)c2)C[C@H](C)O1. The Morgan fingerprint density at radius 2 is 1.78 bits per heavy atom. The molecule has 2 aromatic carbocycles. The van der Waals surface area contributed by atoms with Gasteiger partial charge in [0.15, 0.2) is 6.61 Å². The van der Waals surface area contributed by atoms with Gasteiger partial charge in [0.05, 0.1) is 28.4 Å². The summed E-state index contributed by atoms with van der Waals surface area (Å²) in [5.41, 5.74) is 1.70. The van der Waals surface area contributed by atoms with Crippen LogP contribution in [-0.4, -0.2) is 63.6 Å². The molecule has 32 heavy (non-hydrogen) atoms. The number of esters is 1. The van der Waals surface area contributed by atoms with Crippen LogP contribution < -0.4 is 4.31 Å². The van der Waals surface area contributed by atoms with Crippen molar-refractivity contribution in [1.29, 1.82) is 0 Å². The minimum absolute atomic E-state index is 0.00538. The molecule has 0 spiro atoms. The molecule has 2 atom stereocenters. The summed E-state index contributed by atoms with van der Waals surface area (Å²) in [5.74, 6) is -1.05. The summed E-state index contributed by atoms with van der Waals surface area (Å²) in [4.78, 5) is 26.6. The minimum Gasteiger partial charge on any atom is -0.452 e. The average Bonchev–Trinajstić information content (AvgIpc) is 3.21. The van der Waals surface area contributed by atoms with Crippen molar-refractivity contribution in [2.24, 2.45) is 0 Å². The number of nitrogens with zero attached hydrogens (tertiary/aromatic N) is 2. The molecule has 1 fully saturated rings. The fourth-order valence-corrected chi connectivity index (χ4v) is 5.70. The lowest BCUT2D eigenvalue weighted by Crippen LogP contribution is -2.49. The Balaban J connectivity index is 1.45. The van der Waals surface area contributed by atoms with Crippen LogP contribution in [0.15, 0.2) is 53.4 Å². The zero-order chi connectivity index (χ0) is 22.9. The predicted molar refractivity (Wildman–Crippen MR) is 118 cm³/mol. The number of amides is 1. The number of anilines is 1. The molecule has 0 N–H and O–H groups in total. The second-order valence-corrected chi connectivity index (χ2v) is 9.98. The molecule has 2 aliphatic rings. The predicted octanol–water partition coefficient (Wildman–Crippen LogP) is 2.23. The van der Waals surface area contributed by atoms with Crippen molar-refractivity contribution in [2.45, 2.75) is 37.4 Å². The van der Waals surface area contributed by atoms with Gasteiger partial charge in [-0.25, -0.2) is 13.2 Å². The highest BCUT2D eigenvalue weighted by Crippen LogP contribution is 2.32. The van der Waals surface area contributed by atoms with Gasteiger partial charge in [-0.1, -0.05) is 24.3 Å². The van der Waals surface area contributed by atoms with Gasteiger partial charge in [-0.2, -0.15) is 0 Å². The Kier molecular flexibility index (Phi) is 6.21. The van der Waals surface area contributed by atoms with Crippen LogP contribution in [0, 0.1) is 0 Å².